The number of hydrogen-bond donors (Lipinski definition) is 1. The molecule has 2 aromatic carbocycles. The predicted octanol–water partition coefficient (Wildman–Crippen LogP) is 4.23. The van der Waals surface area contributed by atoms with E-state index in [4.69, 9.17) is 0 Å². The molecule has 1 N–H and O–H groups in total. The number of nitrogens with zero attached hydrogens (tertiary/aromatic N) is 1. The maximum Gasteiger partial charge on any atom is 0.0485 e. The Morgan fingerprint density at radius 1 is 1.00 bits per heavy atom. The molecule has 0 aliphatic rings. The van der Waals surface area contributed by atoms with Crippen molar-refractivity contribution in [3.8, 4) is 0 Å². The minimum atomic E-state index is 0.304. The summed E-state index contributed by atoms with van der Waals surface area (Å²) in [6.07, 6.45) is 0. The van der Waals surface area contributed by atoms with Gasteiger partial charge in [0.2, 0.25) is 0 Å². The zero-order valence-electron chi connectivity index (χ0n) is 12.1. The molecule has 2 rings (SSSR count). The average Bonchev–Trinajstić information content (AvgIpc) is 2.39. The van der Waals surface area contributed by atoms with E-state index in [1.165, 1.54) is 22.5 Å². The molecule has 2 heteroatoms. The summed E-state index contributed by atoms with van der Waals surface area (Å²) in [4.78, 5) is 2.11. The Morgan fingerprint density at radius 3 is 2.26 bits per heavy atom. The van der Waals surface area contributed by atoms with Gasteiger partial charge in [-0.05, 0) is 49.2 Å². The number of rotatable bonds is 4. The van der Waals surface area contributed by atoms with Crippen LogP contribution in [0.1, 0.15) is 24.1 Å². The van der Waals surface area contributed by atoms with Gasteiger partial charge >= 0.3 is 0 Å². The third kappa shape index (κ3) is 3.50. The van der Waals surface area contributed by atoms with Gasteiger partial charge in [0.25, 0.3) is 0 Å². The smallest absolute Gasteiger partial charge is 0.0485 e. The van der Waals surface area contributed by atoms with Crippen molar-refractivity contribution in [1.29, 1.82) is 0 Å². The first-order valence-electron chi connectivity index (χ1n) is 6.67. The molecule has 2 aromatic rings. The van der Waals surface area contributed by atoms with Crippen LogP contribution in [0, 0.1) is 6.92 Å². The molecule has 0 fully saturated rings. The van der Waals surface area contributed by atoms with Crippen LogP contribution in [0.4, 0.5) is 11.4 Å². The van der Waals surface area contributed by atoms with Gasteiger partial charge in [0.1, 0.15) is 0 Å². The number of aryl methyl sites for hydroxylation is 1. The van der Waals surface area contributed by atoms with Crippen molar-refractivity contribution < 1.29 is 0 Å². The molecule has 0 aliphatic heterocycles. The second-order valence-corrected chi connectivity index (χ2v) is 5.22. The van der Waals surface area contributed by atoms with Crippen LogP contribution in [0.2, 0.25) is 0 Å². The fourth-order valence-electron chi connectivity index (χ4n) is 2.13. The Bertz CT molecular complexity index is 529. The Balaban J connectivity index is 2.09. The highest BCUT2D eigenvalue weighted by atomic mass is 15.1. The summed E-state index contributed by atoms with van der Waals surface area (Å²) in [5.41, 5.74) is 4.97. The summed E-state index contributed by atoms with van der Waals surface area (Å²) in [6.45, 7) is 4.30. The van der Waals surface area contributed by atoms with Gasteiger partial charge in [-0.15, -0.1) is 0 Å². The topological polar surface area (TPSA) is 15.3 Å². The number of hydrogen-bond acceptors (Lipinski definition) is 2. The normalized spacial score (nSPS) is 12.0. The van der Waals surface area contributed by atoms with E-state index in [0.717, 1.165) is 0 Å². The maximum absolute atomic E-state index is 3.53. The Kier molecular flexibility index (Phi) is 4.10. The van der Waals surface area contributed by atoms with Crippen molar-refractivity contribution in [2.75, 3.05) is 24.3 Å². The Labute approximate surface area is 116 Å². The third-order valence-corrected chi connectivity index (χ3v) is 3.31. The minimum absolute atomic E-state index is 0.304. The quantitative estimate of drug-likeness (QED) is 0.878. The summed E-state index contributed by atoms with van der Waals surface area (Å²) in [6, 6.07) is 17.5. The standard InChI is InChI=1S/C17H22N2/c1-13-6-5-7-16(12-13)18-14(2)15-8-10-17(11-9-15)19(3)4/h5-12,14,18H,1-4H3. The molecule has 0 radical (unpaired) electrons. The summed E-state index contributed by atoms with van der Waals surface area (Å²) in [5.74, 6) is 0. The molecule has 1 unspecified atom stereocenters. The molecule has 0 bridgehead atoms. The SMILES string of the molecule is Cc1cccc(NC(C)c2ccc(N(C)C)cc2)c1. The highest BCUT2D eigenvalue weighted by Gasteiger charge is 2.05. The van der Waals surface area contributed by atoms with E-state index in [1.807, 2.05) is 0 Å². The lowest BCUT2D eigenvalue weighted by Gasteiger charge is -2.18. The molecular weight excluding hydrogens is 232 g/mol. The van der Waals surface area contributed by atoms with E-state index in [-0.39, 0.29) is 0 Å². The molecule has 0 saturated heterocycles. The Hall–Kier alpha value is -1.96. The van der Waals surface area contributed by atoms with Gasteiger partial charge in [-0.1, -0.05) is 24.3 Å². The summed E-state index contributed by atoms with van der Waals surface area (Å²) >= 11 is 0. The highest BCUT2D eigenvalue weighted by Crippen LogP contribution is 2.22. The molecule has 0 spiro atoms. The zero-order valence-corrected chi connectivity index (χ0v) is 12.1. The van der Waals surface area contributed by atoms with Crippen LogP contribution in [0.15, 0.2) is 48.5 Å². The van der Waals surface area contributed by atoms with Gasteiger partial charge in [-0.2, -0.15) is 0 Å². The monoisotopic (exact) mass is 254 g/mol. The van der Waals surface area contributed by atoms with E-state index >= 15 is 0 Å². The van der Waals surface area contributed by atoms with Crippen molar-refractivity contribution in [2.24, 2.45) is 0 Å². The molecule has 0 amide bonds. The fraction of sp³-hybridized carbons (Fsp3) is 0.294. The predicted molar refractivity (Wildman–Crippen MR) is 84.0 cm³/mol. The average molecular weight is 254 g/mol. The molecular formula is C17H22N2. The van der Waals surface area contributed by atoms with Crippen LogP contribution in [0.25, 0.3) is 0 Å². The molecule has 0 saturated carbocycles. The number of nitrogens with one attached hydrogen (secondary N) is 1. The first-order valence-corrected chi connectivity index (χ1v) is 6.67. The molecule has 0 aliphatic carbocycles. The lowest BCUT2D eigenvalue weighted by atomic mass is 10.1. The molecule has 0 heterocycles. The van der Waals surface area contributed by atoms with Crippen molar-refractivity contribution in [3.05, 3.63) is 59.7 Å². The molecule has 1 atom stereocenters. The van der Waals surface area contributed by atoms with Crippen LogP contribution in [-0.4, -0.2) is 14.1 Å². The van der Waals surface area contributed by atoms with Gasteiger partial charge in [0.05, 0.1) is 0 Å². The van der Waals surface area contributed by atoms with E-state index in [2.05, 4.69) is 86.7 Å². The lowest BCUT2D eigenvalue weighted by Crippen LogP contribution is -2.10. The summed E-state index contributed by atoms with van der Waals surface area (Å²) in [7, 11) is 4.12. The molecule has 2 nitrogen and oxygen atoms in total. The Morgan fingerprint density at radius 2 is 1.68 bits per heavy atom. The third-order valence-electron chi connectivity index (χ3n) is 3.31. The number of anilines is 2. The molecule has 19 heavy (non-hydrogen) atoms. The van der Waals surface area contributed by atoms with Crippen LogP contribution in [-0.2, 0) is 0 Å². The van der Waals surface area contributed by atoms with E-state index in [0.29, 0.717) is 6.04 Å². The van der Waals surface area contributed by atoms with Crippen molar-refractivity contribution in [3.63, 3.8) is 0 Å². The maximum atomic E-state index is 3.53. The first-order chi connectivity index (χ1) is 9.06. The van der Waals surface area contributed by atoms with Crippen molar-refractivity contribution >= 4 is 11.4 Å². The number of benzene rings is 2. The van der Waals surface area contributed by atoms with Crippen molar-refractivity contribution in [2.45, 2.75) is 19.9 Å². The van der Waals surface area contributed by atoms with Gasteiger partial charge in [0, 0.05) is 31.5 Å². The lowest BCUT2D eigenvalue weighted by molar-refractivity contribution is 0.884. The van der Waals surface area contributed by atoms with Crippen LogP contribution >= 0.6 is 0 Å². The van der Waals surface area contributed by atoms with Gasteiger partial charge < -0.3 is 10.2 Å². The molecule has 0 aromatic heterocycles. The van der Waals surface area contributed by atoms with Gasteiger partial charge in [0.15, 0.2) is 0 Å². The first kappa shape index (κ1) is 13.5. The summed E-state index contributed by atoms with van der Waals surface area (Å²) in [5, 5.41) is 3.53. The van der Waals surface area contributed by atoms with E-state index in [9.17, 15) is 0 Å². The highest BCUT2D eigenvalue weighted by molar-refractivity contribution is 5.50. The fourth-order valence-corrected chi connectivity index (χ4v) is 2.13. The van der Waals surface area contributed by atoms with E-state index < -0.39 is 0 Å². The largest absolute Gasteiger partial charge is 0.379 e. The van der Waals surface area contributed by atoms with Crippen molar-refractivity contribution in [1.82, 2.24) is 0 Å². The molecule has 100 valence electrons. The van der Waals surface area contributed by atoms with E-state index in [1.54, 1.807) is 0 Å². The van der Waals surface area contributed by atoms with Crippen LogP contribution in [0.5, 0.6) is 0 Å². The van der Waals surface area contributed by atoms with Crippen LogP contribution < -0.4 is 10.2 Å². The van der Waals surface area contributed by atoms with Crippen LogP contribution in [0.3, 0.4) is 0 Å². The zero-order chi connectivity index (χ0) is 13.8. The summed E-state index contributed by atoms with van der Waals surface area (Å²) < 4.78 is 0. The second kappa shape index (κ2) is 5.79. The van der Waals surface area contributed by atoms with Gasteiger partial charge in [-0.3, -0.25) is 0 Å². The second-order valence-electron chi connectivity index (χ2n) is 5.22. The minimum Gasteiger partial charge on any atom is -0.379 e. The van der Waals surface area contributed by atoms with Gasteiger partial charge in [-0.25, -0.2) is 0 Å².